The van der Waals surface area contributed by atoms with Crippen molar-refractivity contribution in [1.29, 1.82) is 0 Å². The summed E-state index contributed by atoms with van der Waals surface area (Å²) in [5.41, 5.74) is 7.51. The van der Waals surface area contributed by atoms with Crippen molar-refractivity contribution >= 4 is 15.7 Å². The van der Waals surface area contributed by atoms with Crippen molar-refractivity contribution in [3.8, 4) is 0 Å². The summed E-state index contributed by atoms with van der Waals surface area (Å²) in [6, 6.07) is 3.41. The third-order valence-corrected chi connectivity index (χ3v) is 5.25. The molecule has 0 radical (unpaired) electrons. The van der Waals surface area contributed by atoms with Gasteiger partial charge in [0.25, 0.3) is 0 Å². The van der Waals surface area contributed by atoms with E-state index in [0.717, 1.165) is 0 Å². The lowest BCUT2D eigenvalue weighted by Gasteiger charge is -2.23. The first-order chi connectivity index (χ1) is 8.86. The normalized spacial score (nSPS) is 12.1. The van der Waals surface area contributed by atoms with Gasteiger partial charge in [-0.15, -0.1) is 0 Å². The van der Waals surface area contributed by atoms with E-state index < -0.39 is 10.0 Å². The fourth-order valence-electron chi connectivity index (χ4n) is 2.08. The van der Waals surface area contributed by atoms with Crippen LogP contribution in [0.1, 0.15) is 24.5 Å². The molecule has 0 amide bonds. The minimum atomic E-state index is -3.62. The maximum atomic E-state index is 12.7. The molecular formula is C13H22N2O3S. The summed E-state index contributed by atoms with van der Waals surface area (Å²) in [7, 11) is -3.62. The zero-order valence-electron chi connectivity index (χ0n) is 11.7. The van der Waals surface area contributed by atoms with Crippen LogP contribution >= 0.6 is 0 Å². The molecule has 0 saturated carbocycles. The van der Waals surface area contributed by atoms with Crippen LogP contribution in [0.5, 0.6) is 0 Å². The van der Waals surface area contributed by atoms with E-state index in [1.54, 1.807) is 26.0 Å². The monoisotopic (exact) mass is 286 g/mol. The number of nitrogens with two attached hydrogens (primary N) is 1. The van der Waals surface area contributed by atoms with Crippen LogP contribution in [0.15, 0.2) is 17.0 Å². The topological polar surface area (TPSA) is 83.6 Å². The number of aliphatic hydroxyl groups is 1. The SMILES string of the molecule is CCCN(CCO)S(=O)(=O)c1c(C)ccc(N)c1C. The van der Waals surface area contributed by atoms with Gasteiger partial charge in [-0.3, -0.25) is 0 Å². The minimum absolute atomic E-state index is 0.101. The second-order valence-corrected chi connectivity index (χ2v) is 6.43. The van der Waals surface area contributed by atoms with Gasteiger partial charge >= 0.3 is 0 Å². The maximum absolute atomic E-state index is 12.7. The summed E-state index contributed by atoms with van der Waals surface area (Å²) in [5.74, 6) is 0. The van der Waals surface area contributed by atoms with Crippen LogP contribution in [0.3, 0.4) is 0 Å². The highest BCUT2D eigenvalue weighted by Gasteiger charge is 2.27. The minimum Gasteiger partial charge on any atom is -0.398 e. The lowest BCUT2D eigenvalue weighted by molar-refractivity contribution is 0.253. The Labute approximate surface area is 115 Å². The number of aryl methyl sites for hydroxylation is 1. The number of rotatable bonds is 6. The van der Waals surface area contributed by atoms with Gasteiger partial charge in [-0.2, -0.15) is 4.31 Å². The Balaban J connectivity index is 3.37. The summed E-state index contributed by atoms with van der Waals surface area (Å²) < 4.78 is 26.6. The second kappa shape index (κ2) is 6.36. The predicted octanol–water partition coefficient (Wildman–Crippen LogP) is 1.28. The van der Waals surface area contributed by atoms with Gasteiger partial charge in [0, 0.05) is 18.8 Å². The van der Waals surface area contributed by atoms with Gasteiger partial charge in [-0.1, -0.05) is 13.0 Å². The fraction of sp³-hybridized carbons (Fsp3) is 0.538. The molecule has 6 heteroatoms. The first-order valence-electron chi connectivity index (χ1n) is 6.33. The van der Waals surface area contributed by atoms with Gasteiger partial charge in [0.1, 0.15) is 0 Å². The van der Waals surface area contributed by atoms with Gasteiger partial charge in [0.05, 0.1) is 11.5 Å². The third-order valence-electron chi connectivity index (χ3n) is 3.06. The van der Waals surface area contributed by atoms with Crippen LogP contribution < -0.4 is 5.73 Å². The molecule has 0 aromatic heterocycles. The maximum Gasteiger partial charge on any atom is 0.243 e. The average Bonchev–Trinajstić information content (AvgIpc) is 2.34. The molecule has 0 spiro atoms. The molecular weight excluding hydrogens is 264 g/mol. The van der Waals surface area contributed by atoms with Gasteiger partial charge < -0.3 is 10.8 Å². The van der Waals surface area contributed by atoms with Crippen LogP contribution in [0.4, 0.5) is 5.69 Å². The molecule has 1 aromatic rings. The van der Waals surface area contributed by atoms with Crippen molar-refractivity contribution in [2.24, 2.45) is 0 Å². The molecule has 0 heterocycles. The molecule has 0 fully saturated rings. The van der Waals surface area contributed by atoms with Crippen LogP contribution in [-0.4, -0.2) is 37.5 Å². The molecule has 108 valence electrons. The smallest absolute Gasteiger partial charge is 0.243 e. The van der Waals surface area contributed by atoms with Gasteiger partial charge in [-0.25, -0.2) is 8.42 Å². The Hall–Kier alpha value is -1.11. The lowest BCUT2D eigenvalue weighted by Crippen LogP contribution is -2.35. The van der Waals surface area contributed by atoms with Crippen LogP contribution in [-0.2, 0) is 10.0 Å². The first kappa shape index (κ1) is 15.9. The Morgan fingerprint density at radius 1 is 1.26 bits per heavy atom. The standard InChI is InChI=1S/C13H22N2O3S/c1-4-7-15(8-9-16)19(17,18)13-10(2)5-6-12(14)11(13)3/h5-6,16H,4,7-9,14H2,1-3H3. The van der Waals surface area contributed by atoms with Crippen molar-refractivity contribution in [2.45, 2.75) is 32.1 Å². The quantitative estimate of drug-likeness (QED) is 0.772. The zero-order chi connectivity index (χ0) is 14.6. The molecule has 0 unspecified atom stereocenters. The van der Waals surface area contributed by atoms with E-state index in [1.165, 1.54) is 4.31 Å². The Bertz CT molecular complexity index is 535. The number of anilines is 1. The third kappa shape index (κ3) is 3.26. The summed E-state index contributed by atoms with van der Waals surface area (Å²) in [6.45, 7) is 5.65. The first-order valence-corrected chi connectivity index (χ1v) is 7.77. The molecule has 0 atom stereocenters. The molecule has 0 aliphatic heterocycles. The lowest BCUT2D eigenvalue weighted by atomic mass is 10.1. The van der Waals surface area contributed by atoms with Gasteiger partial charge in [-0.05, 0) is 37.5 Å². The van der Waals surface area contributed by atoms with Gasteiger partial charge in [0.15, 0.2) is 0 Å². The molecule has 1 aromatic carbocycles. The van der Waals surface area contributed by atoms with Crippen molar-refractivity contribution < 1.29 is 13.5 Å². The second-order valence-electron chi connectivity index (χ2n) is 4.55. The molecule has 3 N–H and O–H groups in total. The van der Waals surface area contributed by atoms with E-state index in [1.807, 2.05) is 6.92 Å². The van der Waals surface area contributed by atoms with E-state index in [2.05, 4.69) is 0 Å². The highest BCUT2D eigenvalue weighted by Crippen LogP contribution is 2.27. The number of hydrogen-bond acceptors (Lipinski definition) is 4. The number of benzene rings is 1. The number of nitrogen functional groups attached to an aromatic ring is 1. The number of sulfonamides is 1. The highest BCUT2D eigenvalue weighted by atomic mass is 32.2. The number of hydrogen-bond donors (Lipinski definition) is 2. The Morgan fingerprint density at radius 3 is 2.42 bits per heavy atom. The average molecular weight is 286 g/mol. The van der Waals surface area contributed by atoms with E-state index in [9.17, 15) is 8.42 Å². The number of aliphatic hydroxyl groups excluding tert-OH is 1. The summed E-state index contributed by atoms with van der Waals surface area (Å²) >= 11 is 0. The molecule has 19 heavy (non-hydrogen) atoms. The molecule has 5 nitrogen and oxygen atoms in total. The molecule has 0 saturated heterocycles. The zero-order valence-corrected chi connectivity index (χ0v) is 12.5. The van der Waals surface area contributed by atoms with E-state index in [-0.39, 0.29) is 18.0 Å². The van der Waals surface area contributed by atoms with Crippen LogP contribution in [0.25, 0.3) is 0 Å². The largest absolute Gasteiger partial charge is 0.398 e. The van der Waals surface area contributed by atoms with Crippen molar-refractivity contribution in [3.63, 3.8) is 0 Å². The van der Waals surface area contributed by atoms with E-state index in [0.29, 0.717) is 29.8 Å². The number of nitrogens with zero attached hydrogens (tertiary/aromatic N) is 1. The molecule has 0 aliphatic carbocycles. The molecule has 0 aliphatic rings. The van der Waals surface area contributed by atoms with E-state index >= 15 is 0 Å². The van der Waals surface area contributed by atoms with Crippen molar-refractivity contribution in [1.82, 2.24) is 4.31 Å². The molecule has 1 rings (SSSR count). The summed E-state index contributed by atoms with van der Waals surface area (Å²) in [4.78, 5) is 0.259. The van der Waals surface area contributed by atoms with Crippen LogP contribution in [0, 0.1) is 13.8 Å². The fourth-order valence-corrected chi connectivity index (χ4v) is 4.06. The van der Waals surface area contributed by atoms with Gasteiger partial charge in [0.2, 0.25) is 10.0 Å². The molecule has 0 bridgehead atoms. The highest BCUT2D eigenvalue weighted by molar-refractivity contribution is 7.89. The van der Waals surface area contributed by atoms with Crippen LogP contribution in [0.2, 0.25) is 0 Å². The van der Waals surface area contributed by atoms with Crippen molar-refractivity contribution in [2.75, 3.05) is 25.4 Å². The Morgan fingerprint density at radius 2 is 1.89 bits per heavy atom. The van der Waals surface area contributed by atoms with Crippen molar-refractivity contribution in [3.05, 3.63) is 23.3 Å². The summed E-state index contributed by atoms with van der Waals surface area (Å²) in [6.07, 6.45) is 0.694. The Kier molecular flexibility index (Phi) is 5.34. The van der Waals surface area contributed by atoms with E-state index in [4.69, 9.17) is 10.8 Å². The summed E-state index contributed by atoms with van der Waals surface area (Å²) in [5, 5.41) is 9.04. The predicted molar refractivity (Wildman–Crippen MR) is 76.5 cm³/mol.